The summed E-state index contributed by atoms with van der Waals surface area (Å²) in [5, 5.41) is 1.06. The molecule has 3 N–H and O–H groups in total. The first-order valence-electron chi connectivity index (χ1n) is 11.2. The van der Waals surface area contributed by atoms with E-state index in [0.29, 0.717) is 13.0 Å². The van der Waals surface area contributed by atoms with Crippen molar-refractivity contribution in [3.63, 3.8) is 0 Å². The molecule has 4 atom stereocenters. The zero-order valence-electron chi connectivity index (χ0n) is 19.4. The number of rotatable bonds is 7. The fraction of sp³-hybridized carbons (Fsp3) is 0.500. The first kappa shape index (κ1) is 27.2. The standard InChI is InChI=1S/C24H32N4O3.2ClH/c1-4-17(13-25)24(30)31-15-28-12-11-27(16(28)2)14-18-9-10-21-22(23(18)29)19-7-5-6-8-20(19)26(21)3;;/h5-8,11-12,16-18H,4,9-10,13-15,25H2,1-3H3;2*1H. The second-order valence-electron chi connectivity index (χ2n) is 8.72. The number of Topliss-reactive ketones (excluding diaryl/α,β-unsaturated/α-hetero) is 1. The SMILES string of the molecule is CCC(CN)C(=O)OCN1C=C[NH+](CC2CCc3c(c4ccccc4n3C)C2=O)C1C.Cl.[Cl-]. The first-order chi connectivity index (χ1) is 15.0. The molecular formula is C24H34Cl2N4O3. The van der Waals surface area contributed by atoms with E-state index in [0.717, 1.165) is 41.5 Å². The molecule has 4 rings (SSSR count). The smallest absolute Gasteiger partial charge is 0.311 e. The van der Waals surface area contributed by atoms with Crippen LogP contribution in [0.25, 0.3) is 10.9 Å². The molecule has 0 fully saturated rings. The Balaban J connectivity index is 0.00000193. The highest BCUT2D eigenvalue weighted by Gasteiger charge is 2.37. The second-order valence-corrected chi connectivity index (χ2v) is 8.72. The van der Waals surface area contributed by atoms with Gasteiger partial charge in [-0.25, -0.2) is 0 Å². The van der Waals surface area contributed by atoms with Crippen LogP contribution in [0.1, 0.15) is 42.7 Å². The lowest BCUT2D eigenvalue weighted by Crippen LogP contribution is -3.11. The number of ketones is 1. The monoisotopic (exact) mass is 496 g/mol. The number of aromatic nitrogens is 1. The van der Waals surface area contributed by atoms with Gasteiger partial charge in [-0.3, -0.25) is 19.4 Å². The van der Waals surface area contributed by atoms with Gasteiger partial charge >= 0.3 is 5.97 Å². The maximum absolute atomic E-state index is 13.4. The number of nitrogens with two attached hydrogens (primary N) is 1. The summed E-state index contributed by atoms with van der Waals surface area (Å²) < 4.78 is 7.64. The number of quaternary nitrogens is 1. The predicted molar refractivity (Wildman–Crippen MR) is 126 cm³/mol. The molecule has 1 aromatic carbocycles. The maximum Gasteiger partial charge on any atom is 0.311 e. The van der Waals surface area contributed by atoms with Crippen molar-refractivity contribution in [1.29, 1.82) is 0 Å². The van der Waals surface area contributed by atoms with Gasteiger partial charge in [0, 0.05) is 42.7 Å². The molecule has 0 amide bonds. The molecule has 2 heterocycles. The molecule has 0 radical (unpaired) electrons. The van der Waals surface area contributed by atoms with E-state index >= 15 is 0 Å². The van der Waals surface area contributed by atoms with Crippen molar-refractivity contribution < 1.29 is 31.6 Å². The third kappa shape index (κ3) is 5.06. The summed E-state index contributed by atoms with van der Waals surface area (Å²) in [6, 6.07) is 8.16. The minimum Gasteiger partial charge on any atom is -1.00 e. The Labute approximate surface area is 207 Å². The molecule has 2 aromatic rings. The van der Waals surface area contributed by atoms with Crippen molar-refractivity contribution in [3.8, 4) is 0 Å². The fourth-order valence-corrected chi connectivity index (χ4v) is 4.89. The maximum atomic E-state index is 13.4. The van der Waals surface area contributed by atoms with Gasteiger partial charge in [0.15, 0.2) is 18.7 Å². The van der Waals surface area contributed by atoms with E-state index in [2.05, 4.69) is 36.9 Å². The number of hydrogen-bond acceptors (Lipinski definition) is 5. The number of nitrogens with one attached hydrogen (secondary N) is 1. The summed E-state index contributed by atoms with van der Waals surface area (Å²) in [6.45, 7) is 5.29. The van der Waals surface area contributed by atoms with E-state index < -0.39 is 0 Å². The molecule has 1 aliphatic carbocycles. The molecule has 33 heavy (non-hydrogen) atoms. The highest BCUT2D eigenvalue weighted by Crippen LogP contribution is 2.33. The van der Waals surface area contributed by atoms with E-state index in [1.807, 2.05) is 30.2 Å². The number of para-hydroxylation sites is 1. The topological polar surface area (TPSA) is 82.0 Å². The summed E-state index contributed by atoms with van der Waals surface area (Å²) in [5.41, 5.74) is 8.82. The van der Waals surface area contributed by atoms with Crippen molar-refractivity contribution in [3.05, 3.63) is 47.9 Å². The fourth-order valence-electron chi connectivity index (χ4n) is 4.89. The van der Waals surface area contributed by atoms with Gasteiger partial charge < -0.3 is 27.4 Å². The van der Waals surface area contributed by atoms with Crippen molar-refractivity contribution in [1.82, 2.24) is 9.47 Å². The predicted octanol–water partition coefficient (Wildman–Crippen LogP) is -1.15. The lowest BCUT2D eigenvalue weighted by molar-refractivity contribution is -0.878. The minimum absolute atomic E-state index is 0. The second kappa shape index (κ2) is 11.4. The highest BCUT2D eigenvalue weighted by molar-refractivity contribution is 6.11. The summed E-state index contributed by atoms with van der Waals surface area (Å²) >= 11 is 0. The van der Waals surface area contributed by atoms with Gasteiger partial charge in [-0.05, 0) is 25.3 Å². The van der Waals surface area contributed by atoms with Crippen LogP contribution in [0.15, 0.2) is 36.7 Å². The lowest BCUT2D eigenvalue weighted by atomic mass is 9.84. The van der Waals surface area contributed by atoms with Gasteiger partial charge in [-0.15, -0.1) is 12.4 Å². The van der Waals surface area contributed by atoms with Gasteiger partial charge in [0.1, 0.15) is 6.20 Å². The van der Waals surface area contributed by atoms with Crippen LogP contribution in [0, 0.1) is 11.8 Å². The number of aryl methyl sites for hydroxylation is 1. The Hall–Kier alpha value is -2.06. The number of ether oxygens (including phenoxy) is 1. The molecule has 0 bridgehead atoms. The van der Waals surface area contributed by atoms with Crippen LogP contribution in [-0.4, -0.2) is 47.2 Å². The summed E-state index contributed by atoms with van der Waals surface area (Å²) in [5.74, 6) is -0.250. The molecule has 0 saturated carbocycles. The van der Waals surface area contributed by atoms with Gasteiger partial charge in [0.2, 0.25) is 0 Å². The van der Waals surface area contributed by atoms with Gasteiger partial charge in [0.05, 0.1) is 24.6 Å². The van der Waals surface area contributed by atoms with Crippen LogP contribution < -0.4 is 23.0 Å². The average Bonchev–Trinajstić information content (AvgIpc) is 3.27. The van der Waals surface area contributed by atoms with Gasteiger partial charge in [-0.1, -0.05) is 25.1 Å². The third-order valence-electron chi connectivity index (χ3n) is 7.04. The Kier molecular flexibility index (Phi) is 9.38. The number of nitrogens with zero attached hydrogens (tertiary/aromatic N) is 2. The number of benzene rings is 1. The highest BCUT2D eigenvalue weighted by atomic mass is 35.5. The number of hydrogen-bond donors (Lipinski definition) is 2. The van der Waals surface area contributed by atoms with Crippen LogP contribution in [0.2, 0.25) is 0 Å². The lowest BCUT2D eigenvalue weighted by Gasteiger charge is -2.29. The van der Waals surface area contributed by atoms with E-state index in [4.69, 9.17) is 10.5 Å². The summed E-state index contributed by atoms with van der Waals surface area (Å²) in [4.78, 5) is 28.8. The Morgan fingerprint density at radius 2 is 2.06 bits per heavy atom. The normalized spacial score (nSPS) is 22.5. The molecule has 182 valence electrons. The Bertz CT molecular complexity index is 1020. The number of fused-ring (bicyclic) bond motifs is 3. The van der Waals surface area contributed by atoms with E-state index in [1.54, 1.807) is 0 Å². The molecule has 9 heteroatoms. The third-order valence-corrected chi connectivity index (χ3v) is 7.04. The molecule has 2 aliphatic rings. The van der Waals surface area contributed by atoms with Gasteiger partial charge in [0.25, 0.3) is 0 Å². The number of carbonyl (C=O) groups is 2. The molecule has 1 aliphatic heterocycles. The quantitative estimate of drug-likeness (QED) is 0.473. The van der Waals surface area contributed by atoms with Crippen molar-refractivity contribution in [2.45, 2.75) is 39.3 Å². The average molecular weight is 497 g/mol. The van der Waals surface area contributed by atoms with Crippen molar-refractivity contribution >= 4 is 35.1 Å². The van der Waals surface area contributed by atoms with E-state index in [9.17, 15) is 9.59 Å². The van der Waals surface area contributed by atoms with Crippen LogP contribution in [0.5, 0.6) is 0 Å². The van der Waals surface area contributed by atoms with Crippen LogP contribution >= 0.6 is 12.4 Å². The molecular weight excluding hydrogens is 463 g/mol. The Morgan fingerprint density at radius 3 is 2.76 bits per heavy atom. The zero-order valence-corrected chi connectivity index (χ0v) is 21.0. The van der Waals surface area contributed by atoms with Crippen LogP contribution in [0.3, 0.4) is 0 Å². The molecule has 7 nitrogen and oxygen atoms in total. The van der Waals surface area contributed by atoms with Crippen molar-refractivity contribution in [2.24, 2.45) is 24.6 Å². The van der Waals surface area contributed by atoms with Crippen LogP contribution in [0.4, 0.5) is 0 Å². The number of halogens is 2. The summed E-state index contributed by atoms with van der Waals surface area (Å²) in [6.07, 6.45) is 6.60. The van der Waals surface area contributed by atoms with E-state index in [-0.39, 0.29) is 61.3 Å². The molecule has 0 saturated heterocycles. The molecule has 4 unspecified atom stereocenters. The number of carbonyl (C=O) groups excluding carboxylic acids is 2. The minimum atomic E-state index is -0.250. The van der Waals surface area contributed by atoms with Gasteiger partial charge in [-0.2, -0.15) is 0 Å². The zero-order chi connectivity index (χ0) is 22.1. The molecule has 1 aromatic heterocycles. The van der Waals surface area contributed by atoms with Crippen LogP contribution in [-0.2, 0) is 23.0 Å². The van der Waals surface area contributed by atoms with E-state index in [1.165, 1.54) is 4.90 Å². The largest absolute Gasteiger partial charge is 1.00 e. The molecule has 0 spiro atoms. The number of esters is 1. The summed E-state index contributed by atoms with van der Waals surface area (Å²) in [7, 11) is 2.05. The van der Waals surface area contributed by atoms with Crippen molar-refractivity contribution in [2.75, 3.05) is 19.8 Å². The first-order valence-corrected chi connectivity index (χ1v) is 11.2. The Morgan fingerprint density at radius 1 is 1.33 bits per heavy atom.